The molecule has 2 amide bonds. The number of carbonyl (C=O) groups excluding carboxylic acids is 1. The Bertz CT molecular complexity index is 292. The summed E-state index contributed by atoms with van der Waals surface area (Å²) >= 11 is 0. The second kappa shape index (κ2) is 8.02. The Morgan fingerprint density at radius 2 is 1.63 bits per heavy atom. The van der Waals surface area contributed by atoms with Gasteiger partial charge < -0.3 is 15.3 Å². The highest BCUT2D eigenvalue weighted by Crippen LogP contribution is 2.22. The first-order valence-electron chi connectivity index (χ1n) is 6.99. The summed E-state index contributed by atoms with van der Waals surface area (Å²) in [5.41, 5.74) is -0.280. The van der Waals surface area contributed by atoms with Crippen molar-refractivity contribution in [3.8, 4) is 0 Å². The molecule has 5 heteroatoms. The molecule has 0 bridgehead atoms. The van der Waals surface area contributed by atoms with Gasteiger partial charge in [-0.25, -0.2) is 4.79 Å². The van der Waals surface area contributed by atoms with E-state index in [1.165, 1.54) is 0 Å². The van der Waals surface area contributed by atoms with Crippen molar-refractivity contribution >= 4 is 12.0 Å². The van der Waals surface area contributed by atoms with E-state index >= 15 is 0 Å². The monoisotopic (exact) mass is 272 g/mol. The lowest BCUT2D eigenvalue weighted by atomic mass is 9.85. The van der Waals surface area contributed by atoms with E-state index in [1.54, 1.807) is 4.90 Å². The summed E-state index contributed by atoms with van der Waals surface area (Å²) in [5.74, 6) is -0.891. The topological polar surface area (TPSA) is 69.6 Å². The maximum Gasteiger partial charge on any atom is 0.317 e. The van der Waals surface area contributed by atoms with Crippen LogP contribution in [-0.4, -0.2) is 41.1 Å². The molecule has 1 unspecified atom stereocenters. The molecule has 2 N–H and O–H groups in total. The van der Waals surface area contributed by atoms with Crippen molar-refractivity contribution in [3.63, 3.8) is 0 Å². The number of hydrogen-bond acceptors (Lipinski definition) is 2. The minimum Gasteiger partial charge on any atom is -0.481 e. The molecule has 0 aliphatic heterocycles. The first kappa shape index (κ1) is 17.7. The van der Waals surface area contributed by atoms with E-state index in [0.717, 1.165) is 12.8 Å². The normalized spacial score (nSPS) is 12.9. The third kappa shape index (κ3) is 7.03. The molecule has 1 atom stereocenters. The van der Waals surface area contributed by atoms with Crippen molar-refractivity contribution in [1.82, 2.24) is 10.2 Å². The van der Waals surface area contributed by atoms with Crippen LogP contribution in [0, 0.1) is 5.41 Å². The number of amides is 2. The van der Waals surface area contributed by atoms with Crippen LogP contribution in [0.3, 0.4) is 0 Å². The lowest BCUT2D eigenvalue weighted by molar-refractivity contribution is -0.138. The van der Waals surface area contributed by atoms with E-state index in [9.17, 15) is 9.59 Å². The van der Waals surface area contributed by atoms with Crippen molar-refractivity contribution in [3.05, 3.63) is 0 Å². The van der Waals surface area contributed by atoms with E-state index in [-0.39, 0.29) is 23.9 Å². The molecule has 0 aromatic rings. The lowest BCUT2D eigenvalue weighted by Crippen LogP contribution is -2.50. The highest BCUT2D eigenvalue weighted by molar-refractivity contribution is 5.76. The highest BCUT2D eigenvalue weighted by atomic mass is 16.4. The maximum absolute atomic E-state index is 12.2. The van der Waals surface area contributed by atoms with Crippen LogP contribution in [0.4, 0.5) is 4.79 Å². The van der Waals surface area contributed by atoms with Gasteiger partial charge in [-0.2, -0.15) is 0 Å². The predicted molar refractivity (Wildman–Crippen MR) is 76.2 cm³/mol. The fraction of sp³-hybridized carbons (Fsp3) is 0.857. The third-order valence-corrected chi connectivity index (χ3v) is 3.00. The van der Waals surface area contributed by atoms with Gasteiger partial charge in [0.25, 0.3) is 0 Å². The number of urea groups is 1. The van der Waals surface area contributed by atoms with Crippen LogP contribution in [0.2, 0.25) is 0 Å². The van der Waals surface area contributed by atoms with Crippen molar-refractivity contribution in [2.24, 2.45) is 5.41 Å². The molecule has 0 aromatic heterocycles. The number of aliphatic carboxylic acids is 1. The minimum atomic E-state index is -0.891. The number of carboxylic acid groups (broad SMARTS) is 1. The van der Waals surface area contributed by atoms with E-state index < -0.39 is 5.97 Å². The molecule has 0 radical (unpaired) electrons. The number of nitrogens with one attached hydrogen (secondary N) is 1. The zero-order valence-corrected chi connectivity index (χ0v) is 12.8. The fourth-order valence-electron chi connectivity index (χ4n) is 1.84. The Balaban J connectivity index is 4.72. The van der Waals surface area contributed by atoms with E-state index in [2.05, 4.69) is 5.32 Å². The number of rotatable bonds is 7. The van der Waals surface area contributed by atoms with Gasteiger partial charge in [0, 0.05) is 19.1 Å². The van der Waals surface area contributed by atoms with Crippen LogP contribution in [0.5, 0.6) is 0 Å². The standard InChI is InChI=1S/C14H28N2O3/c1-6-8-16(9-7-2)13(19)15-11(10-12(17)18)14(3,4)5/h11H,6-10H2,1-5H3,(H,15,19)(H,17,18). The van der Waals surface area contributed by atoms with Crippen LogP contribution in [0.25, 0.3) is 0 Å². The summed E-state index contributed by atoms with van der Waals surface area (Å²) in [7, 11) is 0. The minimum absolute atomic E-state index is 0.0542. The van der Waals surface area contributed by atoms with Crippen molar-refractivity contribution in [2.75, 3.05) is 13.1 Å². The molecular formula is C14H28N2O3. The molecule has 0 fully saturated rings. The average molecular weight is 272 g/mol. The van der Waals surface area contributed by atoms with E-state index in [4.69, 9.17) is 5.11 Å². The Labute approximate surface area is 116 Å². The first-order valence-corrected chi connectivity index (χ1v) is 6.99. The molecule has 5 nitrogen and oxygen atoms in total. The molecule has 0 rings (SSSR count). The highest BCUT2D eigenvalue weighted by Gasteiger charge is 2.29. The summed E-state index contributed by atoms with van der Waals surface area (Å²) < 4.78 is 0. The quantitative estimate of drug-likeness (QED) is 0.748. The molecular weight excluding hydrogens is 244 g/mol. The van der Waals surface area contributed by atoms with Gasteiger partial charge >= 0.3 is 12.0 Å². The molecule has 0 heterocycles. The molecule has 0 saturated carbocycles. The van der Waals surface area contributed by atoms with Crippen LogP contribution in [0.1, 0.15) is 53.9 Å². The van der Waals surface area contributed by atoms with Gasteiger partial charge in [0.15, 0.2) is 0 Å². The molecule has 0 saturated heterocycles. The summed E-state index contributed by atoms with van der Waals surface area (Å²) in [6.45, 7) is 11.2. The number of nitrogens with zero attached hydrogens (tertiary/aromatic N) is 1. The smallest absolute Gasteiger partial charge is 0.317 e. The molecule has 0 aliphatic rings. The Hall–Kier alpha value is -1.26. The first-order chi connectivity index (χ1) is 8.72. The summed E-state index contributed by atoms with van der Waals surface area (Å²) in [4.78, 5) is 24.8. The Kier molecular flexibility index (Phi) is 7.49. The van der Waals surface area contributed by atoms with Crippen LogP contribution >= 0.6 is 0 Å². The van der Waals surface area contributed by atoms with Gasteiger partial charge in [-0.15, -0.1) is 0 Å². The average Bonchev–Trinajstić information content (AvgIpc) is 2.26. The summed E-state index contributed by atoms with van der Waals surface area (Å²) in [6.07, 6.45) is 1.74. The molecule has 19 heavy (non-hydrogen) atoms. The van der Waals surface area contributed by atoms with Crippen LogP contribution in [-0.2, 0) is 4.79 Å². The number of carbonyl (C=O) groups is 2. The van der Waals surface area contributed by atoms with Gasteiger partial charge in [-0.05, 0) is 18.3 Å². The van der Waals surface area contributed by atoms with Crippen LogP contribution in [0.15, 0.2) is 0 Å². The number of hydrogen-bond donors (Lipinski definition) is 2. The largest absolute Gasteiger partial charge is 0.481 e. The van der Waals surface area contributed by atoms with Crippen molar-refractivity contribution in [2.45, 2.75) is 59.9 Å². The Morgan fingerprint density at radius 3 is 1.95 bits per heavy atom. The van der Waals surface area contributed by atoms with Crippen molar-refractivity contribution in [1.29, 1.82) is 0 Å². The van der Waals surface area contributed by atoms with Gasteiger partial charge in [-0.3, -0.25) is 4.79 Å². The lowest BCUT2D eigenvalue weighted by Gasteiger charge is -2.33. The van der Waals surface area contributed by atoms with Crippen LogP contribution < -0.4 is 5.32 Å². The van der Waals surface area contributed by atoms with Gasteiger partial charge in [0.05, 0.1) is 6.42 Å². The van der Waals surface area contributed by atoms with Gasteiger partial charge in [-0.1, -0.05) is 34.6 Å². The third-order valence-electron chi connectivity index (χ3n) is 3.00. The number of carboxylic acids is 1. The zero-order valence-electron chi connectivity index (χ0n) is 12.8. The zero-order chi connectivity index (χ0) is 15.1. The molecule has 0 aromatic carbocycles. The molecule has 0 spiro atoms. The second-order valence-corrected chi connectivity index (χ2v) is 5.95. The molecule has 112 valence electrons. The van der Waals surface area contributed by atoms with Gasteiger partial charge in [0.1, 0.15) is 0 Å². The second-order valence-electron chi connectivity index (χ2n) is 5.95. The predicted octanol–water partition coefficient (Wildman–Crippen LogP) is 2.71. The summed E-state index contributed by atoms with van der Waals surface area (Å²) in [6, 6.07) is -0.529. The molecule has 0 aliphatic carbocycles. The summed E-state index contributed by atoms with van der Waals surface area (Å²) in [5, 5.41) is 11.8. The SMILES string of the molecule is CCCN(CCC)C(=O)NC(CC(=O)O)C(C)(C)C. The van der Waals surface area contributed by atoms with Gasteiger partial charge in [0.2, 0.25) is 0 Å². The fourth-order valence-corrected chi connectivity index (χ4v) is 1.84. The maximum atomic E-state index is 12.2. The van der Waals surface area contributed by atoms with E-state index in [1.807, 2.05) is 34.6 Å². The Morgan fingerprint density at radius 1 is 1.16 bits per heavy atom. The van der Waals surface area contributed by atoms with Crippen molar-refractivity contribution < 1.29 is 14.7 Å². The van der Waals surface area contributed by atoms with E-state index in [0.29, 0.717) is 13.1 Å².